The van der Waals surface area contributed by atoms with Crippen LogP contribution in [0.5, 0.6) is 11.5 Å². The van der Waals surface area contributed by atoms with E-state index in [0.29, 0.717) is 31.2 Å². The molecule has 36 heavy (non-hydrogen) atoms. The molecule has 0 bridgehead atoms. The van der Waals surface area contributed by atoms with Crippen molar-refractivity contribution in [1.29, 1.82) is 0 Å². The minimum absolute atomic E-state index is 0.332. The number of fused-ring (bicyclic) bond motifs is 5. The molecular weight excluding hydrogens is 452 g/mol. The lowest BCUT2D eigenvalue weighted by atomic mass is 9.81. The van der Waals surface area contributed by atoms with Crippen LogP contribution >= 0.6 is 0 Å². The number of nitrogens with zero attached hydrogens (tertiary/aromatic N) is 2. The van der Waals surface area contributed by atoms with E-state index in [1.807, 2.05) is 18.2 Å². The number of hydrogen-bond acceptors (Lipinski definition) is 4. The van der Waals surface area contributed by atoms with E-state index in [4.69, 9.17) is 9.47 Å². The second kappa shape index (κ2) is 10.2. The molecule has 3 heterocycles. The Morgan fingerprint density at radius 1 is 1.00 bits per heavy atom. The molecule has 6 nitrogen and oxygen atoms in total. The fourth-order valence-electron chi connectivity index (χ4n) is 6.51. The molecule has 6 rings (SSSR count). The van der Waals surface area contributed by atoms with Gasteiger partial charge in [-0.05, 0) is 74.5 Å². The summed E-state index contributed by atoms with van der Waals surface area (Å²) in [4.78, 5) is 14.3. The molecule has 3 aromatic rings. The Morgan fingerprint density at radius 3 is 2.61 bits per heavy atom. The Labute approximate surface area is 212 Å². The lowest BCUT2D eigenvalue weighted by molar-refractivity contribution is 0.0697. The summed E-state index contributed by atoms with van der Waals surface area (Å²) in [6.45, 7) is 5.13. The number of para-hydroxylation sites is 1. The SMILES string of the molecule is O=C(O)c1ccc2c(C3CCCCC3)c3n(c2c1)CCOc1c(OCCN2CCCCC2)cccc1-3. The third-order valence-electron chi connectivity index (χ3n) is 8.27. The van der Waals surface area contributed by atoms with Crippen molar-refractivity contribution >= 4 is 16.9 Å². The van der Waals surface area contributed by atoms with Crippen LogP contribution in [0.3, 0.4) is 0 Å². The van der Waals surface area contributed by atoms with Gasteiger partial charge in [0.05, 0.1) is 17.8 Å². The summed E-state index contributed by atoms with van der Waals surface area (Å²) in [5.41, 5.74) is 4.94. The number of benzene rings is 2. The van der Waals surface area contributed by atoms with Crippen molar-refractivity contribution in [2.75, 3.05) is 32.8 Å². The zero-order chi connectivity index (χ0) is 24.5. The van der Waals surface area contributed by atoms with Crippen LogP contribution in [0, 0.1) is 0 Å². The smallest absolute Gasteiger partial charge is 0.335 e. The average Bonchev–Trinajstić information content (AvgIpc) is 3.10. The number of aromatic nitrogens is 1. The van der Waals surface area contributed by atoms with E-state index >= 15 is 0 Å². The monoisotopic (exact) mass is 488 g/mol. The number of carboxylic acid groups (broad SMARTS) is 1. The number of hydrogen-bond donors (Lipinski definition) is 1. The van der Waals surface area contributed by atoms with Crippen LogP contribution in [0.25, 0.3) is 22.2 Å². The topological polar surface area (TPSA) is 63.9 Å². The van der Waals surface area contributed by atoms with E-state index in [1.54, 1.807) is 6.07 Å². The number of ether oxygens (including phenoxy) is 2. The summed E-state index contributed by atoms with van der Waals surface area (Å²) >= 11 is 0. The number of likely N-dealkylation sites (tertiary alicyclic amines) is 1. The fraction of sp³-hybridized carbons (Fsp3) is 0.500. The molecule has 0 unspecified atom stereocenters. The van der Waals surface area contributed by atoms with Crippen LogP contribution in [-0.2, 0) is 6.54 Å². The van der Waals surface area contributed by atoms with Crippen LogP contribution in [0.2, 0.25) is 0 Å². The molecule has 1 aliphatic carbocycles. The first-order chi connectivity index (χ1) is 17.7. The molecule has 1 N–H and O–H groups in total. The predicted molar refractivity (Wildman–Crippen MR) is 141 cm³/mol. The van der Waals surface area contributed by atoms with Gasteiger partial charge in [-0.1, -0.05) is 37.8 Å². The third-order valence-corrected chi connectivity index (χ3v) is 8.27. The van der Waals surface area contributed by atoms with E-state index in [9.17, 15) is 9.90 Å². The van der Waals surface area contributed by atoms with E-state index in [2.05, 4.69) is 21.6 Å². The molecule has 3 aliphatic rings. The number of piperidine rings is 1. The van der Waals surface area contributed by atoms with Gasteiger partial charge in [0.25, 0.3) is 0 Å². The second-order valence-electron chi connectivity index (χ2n) is 10.5. The summed E-state index contributed by atoms with van der Waals surface area (Å²) < 4.78 is 15.0. The lowest BCUT2D eigenvalue weighted by Crippen LogP contribution is -2.33. The van der Waals surface area contributed by atoms with Gasteiger partial charge in [0, 0.05) is 23.0 Å². The van der Waals surface area contributed by atoms with Crippen LogP contribution in [0.4, 0.5) is 0 Å². The summed E-state index contributed by atoms with van der Waals surface area (Å²) in [7, 11) is 0. The summed E-state index contributed by atoms with van der Waals surface area (Å²) in [6.07, 6.45) is 10.0. The van der Waals surface area contributed by atoms with Crippen molar-refractivity contribution in [3.8, 4) is 22.8 Å². The van der Waals surface area contributed by atoms with Gasteiger partial charge in [0.15, 0.2) is 11.5 Å². The first-order valence-corrected chi connectivity index (χ1v) is 13.7. The number of aromatic carboxylic acids is 1. The Balaban J connectivity index is 1.42. The van der Waals surface area contributed by atoms with Gasteiger partial charge in [-0.3, -0.25) is 4.90 Å². The normalized spacial score (nSPS) is 18.8. The molecule has 1 saturated heterocycles. The molecule has 2 fully saturated rings. The van der Waals surface area contributed by atoms with Gasteiger partial charge in [-0.15, -0.1) is 0 Å². The van der Waals surface area contributed by atoms with Gasteiger partial charge in [-0.25, -0.2) is 4.79 Å². The molecule has 2 aliphatic heterocycles. The Bertz CT molecular complexity index is 1250. The minimum Gasteiger partial charge on any atom is -0.488 e. The van der Waals surface area contributed by atoms with Gasteiger partial charge in [0.1, 0.15) is 13.2 Å². The molecule has 0 radical (unpaired) electrons. The number of carboxylic acids is 1. The second-order valence-corrected chi connectivity index (χ2v) is 10.5. The number of rotatable bonds is 6. The quantitative estimate of drug-likeness (QED) is 0.440. The molecule has 190 valence electrons. The van der Waals surface area contributed by atoms with Crippen LogP contribution in [-0.4, -0.2) is 53.4 Å². The van der Waals surface area contributed by atoms with Crippen molar-refractivity contribution in [2.24, 2.45) is 0 Å². The number of carbonyl (C=O) groups is 1. The predicted octanol–water partition coefficient (Wildman–Crippen LogP) is 6.31. The maximum atomic E-state index is 11.8. The van der Waals surface area contributed by atoms with Crippen LogP contribution < -0.4 is 9.47 Å². The van der Waals surface area contributed by atoms with Gasteiger partial charge < -0.3 is 19.1 Å². The molecule has 0 amide bonds. The first-order valence-electron chi connectivity index (χ1n) is 13.7. The van der Waals surface area contributed by atoms with Crippen LogP contribution in [0.15, 0.2) is 36.4 Å². The van der Waals surface area contributed by atoms with E-state index in [0.717, 1.165) is 42.2 Å². The largest absolute Gasteiger partial charge is 0.488 e. The van der Waals surface area contributed by atoms with E-state index in [-0.39, 0.29) is 0 Å². The van der Waals surface area contributed by atoms with Crippen molar-refractivity contribution in [1.82, 2.24) is 9.47 Å². The highest BCUT2D eigenvalue weighted by Gasteiger charge is 2.30. The third kappa shape index (κ3) is 4.36. The highest BCUT2D eigenvalue weighted by atomic mass is 16.5. The van der Waals surface area contributed by atoms with Gasteiger partial charge >= 0.3 is 5.97 Å². The molecule has 2 aromatic carbocycles. The van der Waals surface area contributed by atoms with E-state index in [1.165, 1.54) is 68.0 Å². The fourth-order valence-corrected chi connectivity index (χ4v) is 6.51. The Kier molecular flexibility index (Phi) is 6.61. The van der Waals surface area contributed by atoms with Crippen molar-refractivity contribution < 1.29 is 19.4 Å². The van der Waals surface area contributed by atoms with Crippen molar-refractivity contribution in [3.63, 3.8) is 0 Å². The lowest BCUT2D eigenvalue weighted by Gasteiger charge is -2.26. The molecular formula is C30H36N2O4. The summed E-state index contributed by atoms with van der Waals surface area (Å²) in [5.74, 6) is 1.22. The molecule has 0 atom stereocenters. The molecule has 6 heteroatoms. The van der Waals surface area contributed by atoms with Crippen molar-refractivity contribution in [3.05, 3.63) is 47.5 Å². The standard InChI is InChI=1S/C30H36N2O4/c33-30(34)22-12-13-23-25(20-22)32-17-19-36-29-24(28(32)27(23)21-8-3-1-4-9-21)10-7-11-26(29)35-18-16-31-14-5-2-6-15-31/h7,10-13,20-21H,1-6,8-9,14-19H2,(H,33,34). The van der Waals surface area contributed by atoms with Crippen molar-refractivity contribution in [2.45, 2.75) is 63.8 Å². The van der Waals surface area contributed by atoms with Gasteiger partial charge in [0.2, 0.25) is 0 Å². The zero-order valence-corrected chi connectivity index (χ0v) is 21.0. The molecule has 1 saturated carbocycles. The minimum atomic E-state index is -0.888. The highest BCUT2D eigenvalue weighted by Crippen LogP contribution is 2.49. The maximum Gasteiger partial charge on any atom is 0.335 e. The van der Waals surface area contributed by atoms with E-state index < -0.39 is 5.97 Å². The molecule has 1 aromatic heterocycles. The zero-order valence-electron chi connectivity index (χ0n) is 21.0. The summed E-state index contributed by atoms with van der Waals surface area (Å²) in [5, 5.41) is 10.9. The highest BCUT2D eigenvalue weighted by molar-refractivity contribution is 5.99. The van der Waals surface area contributed by atoms with Gasteiger partial charge in [-0.2, -0.15) is 0 Å². The first kappa shape index (κ1) is 23.4. The average molecular weight is 489 g/mol. The maximum absolute atomic E-state index is 11.8. The Morgan fingerprint density at radius 2 is 1.81 bits per heavy atom. The molecule has 0 spiro atoms. The van der Waals surface area contributed by atoms with Crippen LogP contribution in [0.1, 0.15) is 73.2 Å². The Hall–Kier alpha value is -2.99. The summed E-state index contributed by atoms with van der Waals surface area (Å²) in [6, 6.07) is 11.9.